The molecule has 0 spiro atoms. The van der Waals surface area contributed by atoms with E-state index in [0.717, 1.165) is 0 Å². The van der Waals surface area contributed by atoms with Gasteiger partial charge in [-0.15, -0.1) is 0 Å². The SMILES string of the molecule is COc1ccc(Nc2ccc(C(=O)NCC(=O)O)cc2)c(F)c1. The van der Waals surface area contributed by atoms with Gasteiger partial charge < -0.3 is 20.5 Å². The summed E-state index contributed by atoms with van der Waals surface area (Å²) in [6.45, 7) is -0.449. The number of anilines is 2. The van der Waals surface area contributed by atoms with Crippen molar-refractivity contribution in [3.05, 3.63) is 53.8 Å². The molecule has 0 aliphatic carbocycles. The molecule has 2 aromatic carbocycles. The van der Waals surface area contributed by atoms with Crippen molar-refractivity contribution in [2.24, 2.45) is 0 Å². The van der Waals surface area contributed by atoms with E-state index in [1.165, 1.54) is 25.3 Å². The topological polar surface area (TPSA) is 87.7 Å². The molecule has 0 unspecified atom stereocenters. The Labute approximate surface area is 131 Å². The largest absolute Gasteiger partial charge is 0.497 e. The maximum Gasteiger partial charge on any atom is 0.322 e. The van der Waals surface area contributed by atoms with Crippen LogP contribution in [0.3, 0.4) is 0 Å². The van der Waals surface area contributed by atoms with Crippen LogP contribution in [0.15, 0.2) is 42.5 Å². The van der Waals surface area contributed by atoms with Crippen LogP contribution < -0.4 is 15.4 Å². The number of aliphatic carboxylic acids is 1. The Bertz CT molecular complexity index is 717. The predicted octanol–water partition coefficient (Wildman–Crippen LogP) is 2.39. The molecule has 0 saturated heterocycles. The Balaban J connectivity index is 2.05. The molecule has 0 aromatic heterocycles. The summed E-state index contributed by atoms with van der Waals surface area (Å²) in [6.07, 6.45) is 0. The van der Waals surface area contributed by atoms with Crippen molar-refractivity contribution in [1.82, 2.24) is 5.32 Å². The normalized spacial score (nSPS) is 10.0. The highest BCUT2D eigenvalue weighted by Crippen LogP contribution is 2.24. The standard InChI is InChI=1S/C16H15FN2O4/c1-23-12-6-7-14(13(17)8-12)19-11-4-2-10(3-5-11)16(22)18-9-15(20)21/h2-8,19H,9H2,1H3,(H,18,22)(H,20,21). The number of methoxy groups -OCH3 is 1. The first-order chi connectivity index (χ1) is 11.0. The summed E-state index contributed by atoms with van der Waals surface area (Å²) in [4.78, 5) is 22.1. The van der Waals surface area contributed by atoms with Crippen LogP contribution in [0.25, 0.3) is 0 Å². The predicted molar refractivity (Wildman–Crippen MR) is 82.6 cm³/mol. The quantitative estimate of drug-likeness (QED) is 0.761. The number of amides is 1. The van der Waals surface area contributed by atoms with Crippen LogP contribution in [-0.2, 0) is 4.79 Å². The number of carboxylic acid groups (broad SMARTS) is 1. The molecule has 2 aromatic rings. The number of hydrogen-bond donors (Lipinski definition) is 3. The van der Waals surface area contributed by atoms with Crippen LogP contribution in [0.2, 0.25) is 0 Å². The zero-order valence-corrected chi connectivity index (χ0v) is 12.3. The molecule has 0 aliphatic heterocycles. The lowest BCUT2D eigenvalue weighted by molar-refractivity contribution is -0.135. The summed E-state index contributed by atoms with van der Waals surface area (Å²) < 4.78 is 18.8. The van der Waals surface area contributed by atoms with E-state index in [0.29, 0.717) is 17.0 Å². The fraction of sp³-hybridized carbons (Fsp3) is 0.125. The highest BCUT2D eigenvalue weighted by Gasteiger charge is 2.08. The Morgan fingerprint density at radius 2 is 1.87 bits per heavy atom. The summed E-state index contributed by atoms with van der Waals surface area (Å²) in [5.74, 6) is -1.66. The average Bonchev–Trinajstić information content (AvgIpc) is 2.55. The molecule has 23 heavy (non-hydrogen) atoms. The number of carboxylic acids is 1. The number of benzene rings is 2. The van der Waals surface area contributed by atoms with Crippen molar-refractivity contribution in [2.75, 3.05) is 19.0 Å². The third kappa shape index (κ3) is 4.44. The van der Waals surface area contributed by atoms with Gasteiger partial charge in [-0.25, -0.2) is 4.39 Å². The van der Waals surface area contributed by atoms with Gasteiger partial charge in [-0.2, -0.15) is 0 Å². The van der Waals surface area contributed by atoms with Gasteiger partial charge in [-0.05, 0) is 36.4 Å². The summed E-state index contributed by atoms with van der Waals surface area (Å²) in [5.41, 5.74) is 1.17. The van der Waals surface area contributed by atoms with Crippen LogP contribution in [-0.4, -0.2) is 30.6 Å². The Hall–Kier alpha value is -3.09. The average molecular weight is 318 g/mol. The molecule has 7 heteroatoms. The second-order valence-electron chi connectivity index (χ2n) is 4.62. The lowest BCUT2D eigenvalue weighted by atomic mass is 10.2. The van der Waals surface area contributed by atoms with Crippen molar-refractivity contribution in [3.63, 3.8) is 0 Å². The Morgan fingerprint density at radius 3 is 2.43 bits per heavy atom. The third-order valence-electron chi connectivity index (χ3n) is 3.00. The number of carbonyl (C=O) groups is 2. The van der Waals surface area contributed by atoms with Gasteiger partial charge in [0.2, 0.25) is 0 Å². The Morgan fingerprint density at radius 1 is 1.17 bits per heavy atom. The van der Waals surface area contributed by atoms with E-state index >= 15 is 0 Å². The highest BCUT2D eigenvalue weighted by atomic mass is 19.1. The zero-order chi connectivity index (χ0) is 16.8. The van der Waals surface area contributed by atoms with E-state index < -0.39 is 24.2 Å². The maximum atomic E-state index is 13.8. The lowest BCUT2D eigenvalue weighted by Crippen LogP contribution is -2.29. The third-order valence-corrected chi connectivity index (χ3v) is 3.00. The van der Waals surface area contributed by atoms with Crippen LogP contribution in [0.5, 0.6) is 5.75 Å². The van der Waals surface area contributed by atoms with Crippen molar-refractivity contribution < 1.29 is 23.8 Å². The lowest BCUT2D eigenvalue weighted by Gasteiger charge is -2.09. The van der Waals surface area contributed by atoms with E-state index in [1.54, 1.807) is 24.3 Å². The first-order valence-electron chi connectivity index (χ1n) is 6.70. The molecule has 2 rings (SSSR count). The van der Waals surface area contributed by atoms with Crippen molar-refractivity contribution >= 4 is 23.3 Å². The van der Waals surface area contributed by atoms with Crippen molar-refractivity contribution in [1.29, 1.82) is 0 Å². The van der Waals surface area contributed by atoms with Crippen LogP contribution >= 0.6 is 0 Å². The first-order valence-corrected chi connectivity index (χ1v) is 6.70. The van der Waals surface area contributed by atoms with E-state index in [1.807, 2.05) is 0 Å². The summed E-state index contributed by atoms with van der Waals surface area (Å²) in [5, 5.41) is 13.7. The van der Waals surface area contributed by atoms with E-state index in [4.69, 9.17) is 9.84 Å². The van der Waals surface area contributed by atoms with Crippen molar-refractivity contribution in [3.8, 4) is 5.75 Å². The molecule has 1 amide bonds. The minimum atomic E-state index is -1.12. The van der Waals surface area contributed by atoms with Crippen LogP contribution in [0.4, 0.5) is 15.8 Å². The number of nitrogens with one attached hydrogen (secondary N) is 2. The fourth-order valence-corrected chi connectivity index (χ4v) is 1.84. The smallest absolute Gasteiger partial charge is 0.322 e. The monoisotopic (exact) mass is 318 g/mol. The molecular weight excluding hydrogens is 303 g/mol. The molecule has 120 valence electrons. The minimum Gasteiger partial charge on any atom is -0.497 e. The maximum absolute atomic E-state index is 13.8. The molecule has 0 aliphatic rings. The summed E-state index contributed by atoms with van der Waals surface area (Å²) >= 11 is 0. The molecular formula is C16H15FN2O4. The van der Waals surface area contributed by atoms with Gasteiger partial charge in [-0.3, -0.25) is 9.59 Å². The number of ether oxygens (including phenoxy) is 1. The van der Waals surface area contributed by atoms with Gasteiger partial charge in [0.1, 0.15) is 18.1 Å². The van der Waals surface area contributed by atoms with Crippen LogP contribution in [0.1, 0.15) is 10.4 Å². The van der Waals surface area contributed by atoms with E-state index in [-0.39, 0.29) is 5.69 Å². The molecule has 0 saturated carbocycles. The summed E-state index contributed by atoms with van der Waals surface area (Å²) in [7, 11) is 1.45. The van der Waals surface area contributed by atoms with Gasteiger partial charge in [0, 0.05) is 17.3 Å². The van der Waals surface area contributed by atoms with Gasteiger partial charge in [0.25, 0.3) is 5.91 Å². The van der Waals surface area contributed by atoms with Crippen LogP contribution in [0, 0.1) is 5.82 Å². The molecule has 0 heterocycles. The van der Waals surface area contributed by atoms with Gasteiger partial charge in [-0.1, -0.05) is 0 Å². The molecule has 0 bridgehead atoms. The van der Waals surface area contributed by atoms with Gasteiger partial charge >= 0.3 is 5.97 Å². The zero-order valence-electron chi connectivity index (χ0n) is 12.3. The molecule has 0 fully saturated rings. The second kappa shape index (κ2) is 7.26. The molecule has 0 radical (unpaired) electrons. The highest BCUT2D eigenvalue weighted by molar-refractivity contribution is 5.96. The first kappa shape index (κ1) is 16.3. The van der Waals surface area contributed by atoms with E-state index in [2.05, 4.69) is 10.6 Å². The van der Waals surface area contributed by atoms with Crippen molar-refractivity contribution in [2.45, 2.75) is 0 Å². The Kier molecular flexibility index (Phi) is 5.14. The number of hydrogen-bond acceptors (Lipinski definition) is 4. The summed E-state index contributed by atoms with van der Waals surface area (Å²) in [6, 6.07) is 10.7. The molecule has 3 N–H and O–H groups in total. The second-order valence-corrected chi connectivity index (χ2v) is 4.62. The number of halogens is 1. The number of carbonyl (C=O) groups excluding carboxylic acids is 1. The minimum absolute atomic E-state index is 0.272. The molecule has 6 nitrogen and oxygen atoms in total. The number of rotatable bonds is 6. The fourth-order valence-electron chi connectivity index (χ4n) is 1.84. The van der Waals surface area contributed by atoms with Gasteiger partial charge in [0.05, 0.1) is 12.8 Å². The molecule has 0 atom stereocenters. The van der Waals surface area contributed by atoms with Gasteiger partial charge in [0.15, 0.2) is 0 Å². The van der Waals surface area contributed by atoms with E-state index in [9.17, 15) is 14.0 Å².